The minimum atomic E-state index is 0.308. The molecule has 0 radical (unpaired) electrons. The summed E-state index contributed by atoms with van der Waals surface area (Å²) in [6, 6.07) is 0.615. The van der Waals surface area contributed by atoms with E-state index in [0.29, 0.717) is 50.2 Å². The Morgan fingerprint density at radius 3 is 1.68 bits per heavy atom. The fraction of sp³-hybridized carbons (Fsp3) is 0.857. The fourth-order valence-corrected chi connectivity index (χ4v) is 2.03. The Morgan fingerprint density at radius 2 is 1.37 bits per heavy atom. The predicted molar refractivity (Wildman–Crippen MR) is 76.9 cm³/mol. The third kappa shape index (κ3) is 3.93. The van der Waals surface area contributed by atoms with Crippen LogP contribution in [-0.4, -0.2) is 50.2 Å². The van der Waals surface area contributed by atoms with Crippen molar-refractivity contribution in [3.63, 3.8) is 0 Å². The first-order chi connectivity index (χ1) is 9.06. The zero-order valence-electron chi connectivity index (χ0n) is 12.3. The highest BCUT2D eigenvalue weighted by Gasteiger charge is 2.23. The highest BCUT2D eigenvalue weighted by molar-refractivity contribution is 5.82. The van der Waals surface area contributed by atoms with Crippen LogP contribution in [0.15, 0.2) is 9.98 Å². The topological polar surface area (TPSA) is 55.2 Å². The lowest BCUT2D eigenvalue weighted by molar-refractivity contribution is 0.283. The summed E-state index contributed by atoms with van der Waals surface area (Å²) in [5.41, 5.74) is 0. The molecule has 0 saturated heterocycles. The van der Waals surface area contributed by atoms with Crippen LogP contribution in [-0.2, 0) is 9.47 Å². The molecule has 0 amide bonds. The van der Waals surface area contributed by atoms with E-state index in [-0.39, 0.29) is 0 Å². The molecule has 2 atom stereocenters. The molecule has 5 heteroatoms. The van der Waals surface area contributed by atoms with Gasteiger partial charge in [-0.05, 0) is 11.8 Å². The third-order valence-corrected chi connectivity index (χ3v) is 3.55. The van der Waals surface area contributed by atoms with Gasteiger partial charge in [-0.15, -0.1) is 0 Å². The highest BCUT2D eigenvalue weighted by Crippen LogP contribution is 2.14. The lowest BCUT2D eigenvalue weighted by atomic mass is 10.1. The molecule has 108 valence electrons. The molecule has 0 bridgehead atoms. The van der Waals surface area contributed by atoms with Gasteiger partial charge < -0.3 is 14.8 Å². The van der Waals surface area contributed by atoms with Crippen LogP contribution in [0.5, 0.6) is 0 Å². The molecule has 2 aliphatic rings. The number of aliphatic imine (C=N–C) groups is 2. The van der Waals surface area contributed by atoms with Gasteiger partial charge in [-0.3, -0.25) is 0 Å². The summed E-state index contributed by atoms with van der Waals surface area (Å²) in [6.45, 7) is 11.4. The van der Waals surface area contributed by atoms with Crippen LogP contribution in [0.1, 0.15) is 27.7 Å². The smallest absolute Gasteiger partial charge is 0.198 e. The van der Waals surface area contributed by atoms with E-state index in [1.807, 2.05) is 0 Å². The summed E-state index contributed by atoms with van der Waals surface area (Å²) in [5.74, 6) is 2.68. The van der Waals surface area contributed by atoms with E-state index >= 15 is 0 Å². The van der Waals surface area contributed by atoms with Crippen molar-refractivity contribution >= 4 is 11.8 Å². The zero-order chi connectivity index (χ0) is 13.8. The number of hydrogen-bond donors (Lipinski definition) is 1. The van der Waals surface area contributed by atoms with Crippen LogP contribution in [0.2, 0.25) is 0 Å². The maximum Gasteiger partial charge on any atom is 0.198 e. The first-order valence-corrected chi connectivity index (χ1v) is 7.16. The van der Waals surface area contributed by atoms with Crippen molar-refractivity contribution in [2.45, 2.75) is 39.8 Å². The molecule has 0 aliphatic carbocycles. The second-order valence-electron chi connectivity index (χ2n) is 5.89. The van der Waals surface area contributed by atoms with Crippen molar-refractivity contribution in [1.82, 2.24) is 5.32 Å². The number of ether oxygens (including phenoxy) is 2. The van der Waals surface area contributed by atoms with Gasteiger partial charge in [0.25, 0.3) is 0 Å². The van der Waals surface area contributed by atoms with Gasteiger partial charge in [-0.2, -0.15) is 0 Å². The van der Waals surface area contributed by atoms with Gasteiger partial charge in [0.05, 0.1) is 25.2 Å². The molecule has 2 aliphatic heterocycles. The zero-order valence-corrected chi connectivity index (χ0v) is 12.3. The predicted octanol–water partition coefficient (Wildman–Crippen LogP) is 1.48. The Balaban J connectivity index is 1.70. The lowest BCUT2D eigenvalue weighted by Gasteiger charge is -2.06. The van der Waals surface area contributed by atoms with Gasteiger partial charge in [0.1, 0.15) is 13.2 Å². The molecule has 0 fully saturated rings. The van der Waals surface area contributed by atoms with E-state index in [0.717, 1.165) is 11.8 Å². The van der Waals surface area contributed by atoms with Crippen LogP contribution in [0.3, 0.4) is 0 Å². The average Bonchev–Trinajstić information content (AvgIpc) is 2.97. The molecule has 2 unspecified atom stereocenters. The molecular weight excluding hydrogens is 242 g/mol. The van der Waals surface area contributed by atoms with Gasteiger partial charge in [0.2, 0.25) is 0 Å². The van der Waals surface area contributed by atoms with E-state index in [4.69, 9.17) is 9.47 Å². The molecule has 19 heavy (non-hydrogen) atoms. The first kappa shape index (κ1) is 14.3. The quantitative estimate of drug-likeness (QED) is 0.793. The monoisotopic (exact) mass is 267 g/mol. The molecule has 5 nitrogen and oxygen atoms in total. The lowest BCUT2D eigenvalue weighted by Crippen LogP contribution is -2.28. The summed E-state index contributed by atoms with van der Waals surface area (Å²) in [6.07, 6.45) is 0. The molecule has 0 spiro atoms. The molecular formula is C14H25N3O2. The first-order valence-electron chi connectivity index (χ1n) is 7.16. The van der Waals surface area contributed by atoms with Gasteiger partial charge in [0, 0.05) is 0 Å². The van der Waals surface area contributed by atoms with Gasteiger partial charge in [-0.25, -0.2) is 9.98 Å². The van der Waals surface area contributed by atoms with Crippen LogP contribution in [0.25, 0.3) is 0 Å². The second-order valence-corrected chi connectivity index (χ2v) is 5.89. The summed E-state index contributed by atoms with van der Waals surface area (Å²) in [7, 11) is 0. The van der Waals surface area contributed by atoms with Gasteiger partial charge >= 0.3 is 0 Å². The van der Waals surface area contributed by atoms with Crippen LogP contribution >= 0.6 is 0 Å². The summed E-state index contributed by atoms with van der Waals surface area (Å²) >= 11 is 0. The molecule has 0 aromatic rings. The van der Waals surface area contributed by atoms with E-state index in [1.54, 1.807) is 0 Å². The third-order valence-electron chi connectivity index (χ3n) is 3.55. The molecule has 0 saturated carbocycles. The maximum atomic E-state index is 5.56. The standard InChI is InChI=1S/C14H25N3O2/c1-9(2)11-7-18-13(16-11)5-15-6-14-17-12(8-19-14)10(3)4/h9-12,15H,5-8H2,1-4H3. The largest absolute Gasteiger partial charge is 0.478 e. The van der Waals surface area contributed by atoms with Crippen molar-refractivity contribution in [1.29, 1.82) is 0 Å². The van der Waals surface area contributed by atoms with Crippen LogP contribution in [0, 0.1) is 11.8 Å². The van der Waals surface area contributed by atoms with Crippen molar-refractivity contribution in [2.24, 2.45) is 21.8 Å². The number of nitrogens with zero attached hydrogens (tertiary/aromatic N) is 2. The molecule has 0 aromatic carbocycles. The SMILES string of the molecule is CC(C)C1COC(CNCC2=NC(C(C)C)CO2)=N1. The van der Waals surface area contributed by atoms with Crippen LogP contribution in [0.4, 0.5) is 0 Å². The fourth-order valence-electron chi connectivity index (χ4n) is 2.03. The van der Waals surface area contributed by atoms with Crippen molar-refractivity contribution in [2.75, 3.05) is 26.3 Å². The van der Waals surface area contributed by atoms with Crippen molar-refractivity contribution in [3.05, 3.63) is 0 Å². The van der Waals surface area contributed by atoms with E-state index in [9.17, 15) is 0 Å². The minimum absolute atomic E-state index is 0.308. The molecule has 1 N–H and O–H groups in total. The Bertz CT molecular complexity index is 330. The molecule has 2 rings (SSSR count). The summed E-state index contributed by atoms with van der Waals surface area (Å²) < 4.78 is 11.1. The highest BCUT2D eigenvalue weighted by atomic mass is 16.5. The summed E-state index contributed by atoms with van der Waals surface area (Å²) in [4.78, 5) is 9.09. The second kappa shape index (κ2) is 6.37. The molecule has 2 heterocycles. The maximum absolute atomic E-state index is 5.56. The number of hydrogen-bond acceptors (Lipinski definition) is 5. The van der Waals surface area contributed by atoms with Crippen molar-refractivity contribution in [3.8, 4) is 0 Å². The Kier molecular flexibility index (Phi) is 4.80. The Labute approximate surface area is 115 Å². The van der Waals surface area contributed by atoms with E-state index < -0.39 is 0 Å². The van der Waals surface area contributed by atoms with Gasteiger partial charge in [0.15, 0.2) is 11.8 Å². The van der Waals surface area contributed by atoms with E-state index in [2.05, 4.69) is 43.0 Å². The van der Waals surface area contributed by atoms with Gasteiger partial charge in [-0.1, -0.05) is 27.7 Å². The Morgan fingerprint density at radius 1 is 0.947 bits per heavy atom. The normalized spacial score (nSPS) is 26.4. The van der Waals surface area contributed by atoms with E-state index in [1.165, 1.54) is 0 Å². The Hall–Kier alpha value is -1.10. The summed E-state index contributed by atoms with van der Waals surface area (Å²) in [5, 5.41) is 3.28. The number of nitrogens with one attached hydrogen (secondary N) is 1. The molecule has 0 aromatic heterocycles. The number of rotatable bonds is 6. The van der Waals surface area contributed by atoms with Crippen molar-refractivity contribution < 1.29 is 9.47 Å². The van der Waals surface area contributed by atoms with Crippen LogP contribution < -0.4 is 5.32 Å². The minimum Gasteiger partial charge on any atom is -0.478 e. The average molecular weight is 267 g/mol.